The Morgan fingerprint density at radius 1 is 1.52 bits per heavy atom. The van der Waals surface area contributed by atoms with E-state index in [0.29, 0.717) is 11.5 Å². The average molecular weight is 287 g/mol. The highest BCUT2D eigenvalue weighted by Gasteiger charge is 2.40. The quantitative estimate of drug-likeness (QED) is 0.635. The van der Waals surface area contributed by atoms with E-state index in [-0.39, 0.29) is 5.76 Å². The van der Waals surface area contributed by atoms with Crippen LogP contribution >= 0.6 is 0 Å². The van der Waals surface area contributed by atoms with Crippen molar-refractivity contribution in [3.05, 3.63) is 30.0 Å². The highest BCUT2D eigenvalue weighted by atomic mass is 16.3. The molecule has 1 aliphatic heterocycles. The Morgan fingerprint density at radius 3 is 2.86 bits per heavy atom. The maximum Gasteiger partial charge on any atom is 0.135 e. The number of fused-ring (bicyclic) bond motifs is 1. The van der Waals surface area contributed by atoms with Gasteiger partial charge in [-0.15, -0.1) is 0 Å². The molecule has 0 aromatic carbocycles. The summed E-state index contributed by atoms with van der Waals surface area (Å²) >= 11 is 0. The minimum absolute atomic E-state index is 0.0861. The number of anilines is 1. The highest BCUT2D eigenvalue weighted by Crippen LogP contribution is 2.47. The summed E-state index contributed by atoms with van der Waals surface area (Å²) in [4.78, 5) is 0. The largest absolute Gasteiger partial charge is 0.508 e. The van der Waals surface area contributed by atoms with Crippen LogP contribution in [-0.2, 0) is 6.54 Å². The molecule has 2 aliphatic rings. The van der Waals surface area contributed by atoms with Crippen LogP contribution in [0.2, 0.25) is 0 Å². The smallest absolute Gasteiger partial charge is 0.135 e. The van der Waals surface area contributed by atoms with Gasteiger partial charge in [-0.1, -0.05) is 31.1 Å². The van der Waals surface area contributed by atoms with Crippen molar-refractivity contribution in [3.8, 4) is 0 Å². The molecule has 0 saturated heterocycles. The molecule has 1 fully saturated rings. The number of nitrogens with zero attached hydrogens (tertiary/aromatic N) is 2. The molecule has 1 saturated carbocycles. The van der Waals surface area contributed by atoms with E-state index < -0.39 is 0 Å². The van der Waals surface area contributed by atoms with Crippen molar-refractivity contribution in [2.45, 2.75) is 58.5 Å². The lowest BCUT2D eigenvalue weighted by molar-refractivity contribution is 0.221. The van der Waals surface area contributed by atoms with Crippen molar-refractivity contribution in [1.29, 1.82) is 0 Å². The molecule has 0 radical (unpaired) electrons. The van der Waals surface area contributed by atoms with Crippen LogP contribution in [0, 0.1) is 5.41 Å². The molecule has 1 unspecified atom stereocenters. The molecular formula is C17H25N3O. The monoisotopic (exact) mass is 287 g/mol. The first kappa shape index (κ1) is 14.2. The summed E-state index contributed by atoms with van der Waals surface area (Å²) in [7, 11) is 0. The molecule has 21 heavy (non-hydrogen) atoms. The van der Waals surface area contributed by atoms with E-state index in [0.717, 1.165) is 24.3 Å². The molecule has 2 N–H and O–H groups in total. The van der Waals surface area contributed by atoms with Crippen molar-refractivity contribution in [2.24, 2.45) is 5.41 Å². The first-order valence-electron chi connectivity index (χ1n) is 7.88. The molecule has 0 bridgehead atoms. The third-order valence-corrected chi connectivity index (χ3v) is 5.25. The zero-order chi connectivity index (χ0) is 15.0. The summed E-state index contributed by atoms with van der Waals surface area (Å²) in [6.07, 6.45) is 10.2. The number of aliphatic hydroxyl groups excluding tert-OH is 1. The molecule has 2 heterocycles. The zero-order valence-electron chi connectivity index (χ0n) is 13.0. The average Bonchev–Trinajstić information content (AvgIpc) is 3.02. The SMILES string of the molecule is C=C(O)c1cnn2c1NC(/C(C)=C/C)CC1(CCCC1)C2. The van der Waals surface area contributed by atoms with Gasteiger partial charge in [-0.2, -0.15) is 5.10 Å². The number of aliphatic hydroxyl groups is 1. The fourth-order valence-corrected chi connectivity index (χ4v) is 3.86. The van der Waals surface area contributed by atoms with Gasteiger partial charge in [0.2, 0.25) is 0 Å². The van der Waals surface area contributed by atoms with Crippen molar-refractivity contribution in [3.63, 3.8) is 0 Å². The Morgan fingerprint density at radius 2 is 2.24 bits per heavy atom. The van der Waals surface area contributed by atoms with Crippen LogP contribution in [0.25, 0.3) is 5.76 Å². The number of hydrogen-bond donors (Lipinski definition) is 2. The highest BCUT2D eigenvalue weighted by molar-refractivity contribution is 5.68. The second-order valence-corrected chi connectivity index (χ2v) is 6.65. The third kappa shape index (κ3) is 2.47. The predicted molar refractivity (Wildman–Crippen MR) is 86.2 cm³/mol. The predicted octanol–water partition coefficient (Wildman–Crippen LogP) is 4.12. The van der Waals surface area contributed by atoms with Crippen LogP contribution in [0.3, 0.4) is 0 Å². The van der Waals surface area contributed by atoms with Gasteiger partial charge >= 0.3 is 0 Å². The van der Waals surface area contributed by atoms with Crippen LogP contribution in [0.1, 0.15) is 51.5 Å². The van der Waals surface area contributed by atoms with Gasteiger partial charge in [0, 0.05) is 12.6 Å². The first-order valence-corrected chi connectivity index (χ1v) is 7.88. The fourth-order valence-electron chi connectivity index (χ4n) is 3.86. The molecule has 1 aromatic heterocycles. The molecule has 0 amide bonds. The van der Waals surface area contributed by atoms with E-state index in [1.54, 1.807) is 6.20 Å². The molecule has 4 nitrogen and oxygen atoms in total. The number of rotatable bonds is 2. The van der Waals surface area contributed by atoms with E-state index in [4.69, 9.17) is 0 Å². The fraction of sp³-hybridized carbons (Fsp3) is 0.588. The van der Waals surface area contributed by atoms with E-state index in [1.807, 2.05) is 4.68 Å². The van der Waals surface area contributed by atoms with Crippen LogP contribution in [0.4, 0.5) is 5.82 Å². The lowest BCUT2D eigenvalue weighted by Crippen LogP contribution is -2.29. The van der Waals surface area contributed by atoms with Crippen LogP contribution < -0.4 is 5.32 Å². The molecule has 114 valence electrons. The molecule has 1 atom stereocenters. The van der Waals surface area contributed by atoms with Gasteiger partial charge in [0.1, 0.15) is 11.6 Å². The molecular weight excluding hydrogens is 262 g/mol. The Hall–Kier alpha value is -1.71. The van der Waals surface area contributed by atoms with Crippen molar-refractivity contribution in [1.82, 2.24) is 9.78 Å². The number of aromatic nitrogens is 2. The first-order chi connectivity index (χ1) is 10.0. The van der Waals surface area contributed by atoms with Gasteiger partial charge < -0.3 is 10.4 Å². The van der Waals surface area contributed by atoms with Crippen molar-refractivity contribution < 1.29 is 5.11 Å². The molecule has 1 aliphatic carbocycles. The molecule has 3 rings (SSSR count). The van der Waals surface area contributed by atoms with Crippen molar-refractivity contribution in [2.75, 3.05) is 5.32 Å². The number of allylic oxidation sites excluding steroid dienone is 1. The molecule has 4 heteroatoms. The molecule has 1 aromatic rings. The van der Waals surface area contributed by atoms with E-state index in [1.165, 1.54) is 31.3 Å². The Balaban J connectivity index is 2.04. The minimum atomic E-state index is 0.0861. The topological polar surface area (TPSA) is 50.1 Å². The normalized spacial score (nSPS) is 24.5. The second-order valence-electron chi connectivity index (χ2n) is 6.65. The van der Waals surface area contributed by atoms with E-state index >= 15 is 0 Å². The van der Waals surface area contributed by atoms with Gasteiger partial charge in [-0.05, 0) is 38.5 Å². The lowest BCUT2D eigenvalue weighted by Gasteiger charge is -2.30. The minimum Gasteiger partial charge on any atom is -0.508 e. The summed E-state index contributed by atoms with van der Waals surface area (Å²) < 4.78 is 2.03. The Kier molecular flexibility index (Phi) is 3.56. The van der Waals surface area contributed by atoms with Gasteiger partial charge in [-0.25, -0.2) is 4.68 Å². The van der Waals surface area contributed by atoms with Crippen LogP contribution in [-0.4, -0.2) is 20.9 Å². The van der Waals surface area contributed by atoms with Gasteiger partial charge in [0.05, 0.1) is 11.8 Å². The van der Waals surface area contributed by atoms with Crippen molar-refractivity contribution >= 4 is 11.6 Å². The summed E-state index contributed by atoms with van der Waals surface area (Å²) in [5, 5.41) is 17.9. The summed E-state index contributed by atoms with van der Waals surface area (Å²) in [6, 6.07) is 0.309. The van der Waals surface area contributed by atoms with Gasteiger partial charge in [0.25, 0.3) is 0 Å². The van der Waals surface area contributed by atoms with Crippen LogP contribution in [0.5, 0.6) is 0 Å². The number of hydrogen-bond acceptors (Lipinski definition) is 3. The Labute approximate surface area is 126 Å². The summed E-state index contributed by atoms with van der Waals surface area (Å²) in [6.45, 7) is 8.87. The van der Waals surface area contributed by atoms with E-state index in [9.17, 15) is 5.11 Å². The van der Waals surface area contributed by atoms with Crippen LogP contribution in [0.15, 0.2) is 24.4 Å². The lowest BCUT2D eigenvalue weighted by atomic mass is 9.78. The van der Waals surface area contributed by atoms with Gasteiger partial charge in [-0.3, -0.25) is 0 Å². The van der Waals surface area contributed by atoms with E-state index in [2.05, 4.69) is 36.9 Å². The standard InChI is InChI=1S/C17H25N3O/c1-4-12(2)15-9-17(7-5-6-8-17)11-20-16(19-15)14(10-18-20)13(3)21/h4,10,15,19,21H,3,5-9,11H2,1-2H3/b12-4+. The molecule has 1 spiro atoms. The zero-order valence-corrected chi connectivity index (χ0v) is 13.0. The van der Waals surface area contributed by atoms with Gasteiger partial charge in [0.15, 0.2) is 0 Å². The third-order valence-electron chi connectivity index (χ3n) is 5.25. The Bertz CT molecular complexity index is 579. The second kappa shape index (κ2) is 5.24. The number of nitrogens with one attached hydrogen (secondary N) is 1. The maximum atomic E-state index is 9.80. The maximum absolute atomic E-state index is 9.80. The summed E-state index contributed by atoms with van der Waals surface area (Å²) in [5.74, 6) is 1.00. The summed E-state index contributed by atoms with van der Waals surface area (Å²) in [5.41, 5.74) is 2.41.